The fourth-order valence-electron chi connectivity index (χ4n) is 8.14. The van der Waals surface area contributed by atoms with Gasteiger partial charge < -0.3 is 18.9 Å². The molecule has 5 rings (SSSR count). The predicted molar refractivity (Wildman–Crippen MR) is 136 cm³/mol. The largest absolute Gasteiger partial charge is 0.493 e. The van der Waals surface area contributed by atoms with Crippen molar-refractivity contribution in [3.63, 3.8) is 0 Å². The van der Waals surface area contributed by atoms with Crippen LogP contribution in [0.3, 0.4) is 0 Å². The van der Waals surface area contributed by atoms with E-state index >= 15 is 0 Å². The molecule has 2 heterocycles. The lowest BCUT2D eigenvalue weighted by atomic mass is 9.47. The van der Waals surface area contributed by atoms with Gasteiger partial charge in [0.15, 0.2) is 11.5 Å². The molecule has 36 heavy (non-hydrogen) atoms. The van der Waals surface area contributed by atoms with Gasteiger partial charge in [-0.3, -0.25) is 9.69 Å². The third-order valence-electron chi connectivity index (χ3n) is 9.14. The second kappa shape index (κ2) is 10.1. The topological polar surface area (TPSA) is 74.3 Å². The average molecular weight is 498 g/mol. The van der Waals surface area contributed by atoms with Gasteiger partial charge >= 0.3 is 11.9 Å². The molecule has 4 aliphatic rings. The summed E-state index contributed by atoms with van der Waals surface area (Å²) in [6.45, 7) is 6.03. The quantitative estimate of drug-likeness (QED) is 0.424. The second-order valence-corrected chi connectivity index (χ2v) is 11.1. The van der Waals surface area contributed by atoms with E-state index < -0.39 is 12.1 Å². The van der Waals surface area contributed by atoms with Crippen molar-refractivity contribution < 1.29 is 28.5 Å². The van der Waals surface area contributed by atoms with Crippen LogP contribution in [0.2, 0.25) is 0 Å². The van der Waals surface area contributed by atoms with Gasteiger partial charge in [-0.15, -0.1) is 0 Å². The highest BCUT2D eigenvalue weighted by Gasteiger charge is 2.67. The minimum absolute atomic E-state index is 0.0491. The minimum Gasteiger partial charge on any atom is -0.493 e. The van der Waals surface area contributed by atoms with E-state index in [2.05, 4.69) is 11.8 Å². The lowest BCUT2D eigenvalue weighted by Crippen LogP contribution is -2.75. The van der Waals surface area contributed by atoms with Gasteiger partial charge in [-0.25, -0.2) is 4.79 Å². The molecule has 2 aliphatic heterocycles. The maximum atomic E-state index is 13.2. The maximum Gasteiger partial charge on any atom is 0.331 e. The van der Waals surface area contributed by atoms with Crippen molar-refractivity contribution in [2.45, 2.75) is 70.1 Å². The molecule has 4 fully saturated rings. The van der Waals surface area contributed by atoms with Crippen molar-refractivity contribution in [3.8, 4) is 11.5 Å². The molecule has 1 aromatic rings. The monoisotopic (exact) mass is 497 g/mol. The highest BCUT2D eigenvalue weighted by Crippen LogP contribution is 2.61. The lowest BCUT2D eigenvalue weighted by molar-refractivity contribution is -0.247. The Hall–Kier alpha value is -2.54. The van der Waals surface area contributed by atoms with Crippen LogP contribution in [0.25, 0.3) is 6.08 Å². The Kier molecular flexibility index (Phi) is 7.03. The fourth-order valence-corrected chi connectivity index (χ4v) is 8.14. The molecule has 0 aromatic heterocycles. The number of methoxy groups -OCH3 is 2. The zero-order chi connectivity index (χ0) is 25.4. The molecule has 7 atom stereocenters. The number of hydrogen-bond acceptors (Lipinski definition) is 7. The summed E-state index contributed by atoms with van der Waals surface area (Å²) in [5.41, 5.74) is 0.860. The molecule has 4 unspecified atom stereocenters. The first-order chi connectivity index (χ1) is 17.4. The molecule has 2 aliphatic carbocycles. The molecule has 2 bridgehead atoms. The van der Waals surface area contributed by atoms with Gasteiger partial charge in [0.2, 0.25) is 0 Å². The normalized spacial score (nSPS) is 35.6. The molecule has 196 valence electrons. The smallest absolute Gasteiger partial charge is 0.331 e. The Morgan fingerprint density at radius 1 is 1.00 bits per heavy atom. The SMILES string of the molecule is COc1ccc(/C=C/C(=O)O[C@H]2[C@H]3CCCN4CCCC5C(CC(C)CC534)[C@@H]2OC(C)=O)cc1OC. The van der Waals surface area contributed by atoms with Crippen LogP contribution >= 0.6 is 0 Å². The molecule has 1 aromatic carbocycles. The number of nitrogens with zero attached hydrogens (tertiary/aromatic N) is 1. The Labute approximate surface area is 214 Å². The van der Waals surface area contributed by atoms with Crippen LogP contribution in [-0.2, 0) is 19.1 Å². The summed E-state index contributed by atoms with van der Waals surface area (Å²) in [5.74, 6) is 1.99. The van der Waals surface area contributed by atoms with E-state index in [-0.39, 0.29) is 29.4 Å². The van der Waals surface area contributed by atoms with E-state index in [0.29, 0.717) is 23.3 Å². The lowest BCUT2D eigenvalue weighted by Gasteiger charge is -2.68. The molecule has 7 heteroatoms. The number of ether oxygens (including phenoxy) is 4. The molecule has 0 amide bonds. The number of esters is 2. The fraction of sp³-hybridized carbons (Fsp3) is 0.655. The summed E-state index contributed by atoms with van der Waals surface area (Å²) < 4.78 is 22.9. The van der Waals surface area contributed by atoms with Gasteiger partial charge in [-0.2, -0.15) is 0 Å². The van der Waals surface area contributed by atoms with Gasteiger partial charge in [0.05, 0.1) is 14.2 Å². The van der Waals surface area contributed by atoms with Gasteiger partial charge in [0, 0.05) is 30.4 Å². The van der Waals surface area contributed by atoms with Crippen LogP contribution in [0.4, 0.5) is 0 Å². The third-order valence-corrected chi connectivity index (χ3v) is 9.14. The van der Waals surface area contributed by atoms with E-state index in [9.17, 15) is 9.59 Å². The summed E-state index contributed by atoms with van der Waals surface area (Å²) in [7, 11) is 3.17. The van der Waals surface area contributed by atoms with Crippen LogP contribution in [0.15, 0.2) is 24.3 Å². The van der Waals surface area contributed by atoms with Crippen molar-refractivity contribution >= 4 is 18.0 Å². The second-order valence-electron chi connectivity index (χ2n) is 11.1. The third kappa shape index (κ3) is 4.29. The summed E-state index contributed by atoms with van der Waals surface area (Å²) in [5, 5.41) is 0. The number of hydrogen-bond donors (Lipinski definition) is 0. The molecule has 0 radical (unpaired) electrons. The van der Waals surface area contributed by atoms with E-state index in [4.69, 9.17) is 18.9 Å². The van der Waals surface area contributed by atoms with Gasteiger partial charge in [-0.05, 0) is 87.2 Å². The first kappa shape index (κ1) is 25.1. The first-order valence-corrected chi connectivity index (χ1v) is 13.4. The van der Waals surface area contributed by atoms with Crippen LogP contribution in [0.5, 0.6) is 11.5 Å². The van der Waals surface area contributed by atoms with Crippen molar-refractivity contribution in [3.05, 3.63) is 29.8 Å². The summed E-state index contributed by atoms with van der Waals surface area (Å²) in [4.78, 5) is 28.1. The standard InChI is InChI=1S/C29H39NO6/c1-18-15-21-22-7-5-13-30-14-6-8-23(29(22,30)17-18)28(27(21)35-19(2)31)36-26(32)12-10-20-9-11-24(33-3)25(16-20)34-4/h9-12,16,18,21-23,27-28H,5-8,13-15,17H2,1-4H3/b12-10+/t18?,21?,22?,23-,27+,28+,29?/m1/s1. The molecule has 2 saturated heterocycles. The number of piperidine rings is 2. The van der Waals surface area contributed by atoms with Gasteiger partial charge in [0.25, 0.3) is 0 Å². The highest BCUT2D eigenvalue weighted by atomic mass is 16.6. The number of rotatable bonds is 6. The number of benzene rings is 1. The van der Waals surface area contributed by atoms with E-state index in [1.54, 1.807) is 20.3 Å². The summed E-state index contributed by atoms with van der Waals surface area (Å²) in [6.07, 6.45) is 8.98. The Balaban J connectivity index is 1.43. The van der Waals surface area contributed by atoms with E-state index in [1.165, 1.54) is 25.8 Å². The minimum atomic E-state index is -0.425. The summed E-state index contributed by atoms with van der Waals surface area (Å²) in [6, 6.07) is 5.49. The van der Waals surface area contributed by atoms with Crippen molar-refractivity contribution in [1.82, 2.24) is 4.90 Å². The molecular formula is C29H39NO6. The predicted octanol–water partition coefficient (Wildman–Crippen LogP) is 4.48. The Bertz CT molecular complexity index is 1020. The Morgan fingerprint density at radius 3 is 2.42 bits per heavy atom. The highest BCUT2D eigenvalue weighted by molar-refractivity contribution is 5.87. The summed E-state index contributed by atoms with van der Waals surface area (Å²) >= 11 is 0. The van der Waals surface area contributed by atoms with Crippen molar-refractivity contribution in [2.24, 2.45) is 23.7 Å². The maximum absolute atomic E-state index is 13.2. The van der Waals surface area contributed by atoms with Crippen molar-refractivity contribution in [1.29, 1.82) is 0 Å². The van der Waals surface area contributed by atoms with Crippen LogP contribution in [-0.4, -0.2) is 61.9 Å². The van der Waals surface area contributed by atoms with E-state index in [1.807, 2.05) is 18.2 Å². The Morgan fingerprint density at radius 2 is 1.72 bits per heavy atom. The van der Waals surface area contributed by atoms with Gasteiger partial charge in [-0.1, -0.05) is 13.0 Å². The molecular weight excluding hydrogens is 458 g/mol. The van der Waals surface area contributed by atoms with Crippen LogP contribution in [0, 0.1) is 23.7 Å². The zero-order valence-electron chi connectivity index (χ0n) is 21.9. The molecule has 2 saturated carbocycles. The molecule has 7 nitrogen and oxygen atoms in total. The van der Waals surface area contributed by atoms with Gasteiger partial charge in [0.1, 0.15) is 12.2 Å². The first-order valence-electron chi connectivity index (χ1n) is 13.4. The number of carbonyl (C=O) groups is 2. The van der Waals surface area contributed by atoms with Crippen LogP contribution in [0.1, 0.15) is 57.9 Å². The molecule has 0 N–H and O–H groups in total. The molecule has 1 spiro atoms. The van der Waals surface area contributed by atoms with Crippen LogP contribution < -0.4 is 9.47 Å². The zero-order valence-corrected chi connectivity index (χ0v) is 21.9. The van der Waals surface area contributed by atoms with Crippen molar-refractivity contribution in [2.75, 3.05) is 27.3 Å². The average Bonchev–Trinajstić information content (AvgIpc) is 2.86. The van der Waals surface area contributed by atoms with E-state index in [0.717, 1.165) is 44.3 Å². The number of carbonyl (C=O) groups excluding carboxylic acids is 2.